The SMILES string of the molecule is Cc1ccc(C(CO)NCC(C)C)c(Br)c1. The van der Waals surface area contributed by atoms with Gasteiger partial charge in [0.05, 0.1) is 12.6 Å². The van der Waals surface area contributed by atoms with Gasteiger partial charge in [0.1, 0.15) is 0 Å². The summed E-state index contributed by atoms with van der Waals surface area (Å²) in [6.45, 7) is 7.40. The standard InChI is InChI=1S/C13H20BrNO/c1-9(2)7-15-13(8-16)11-5-4-10(3)6-12(11)14/h4-6,9,13,15-16H,7-8H2,1-3H3. The highest BCUT2D eigenvalue weighted by Gasteiger charge is 2.13. The summed E-state index contributed by atoms with van der Waals surface area (Å²) in [6.07, 6.45) is 0. The van der Waals surface area contributed by atoms with Crippen LogP contribution in [0.15, 0.2) is 22.7 Å². The van der Waals surface area contributed by atoms with Crippen LogP contribution in [0.1, 0.15) is 31.0 Å². The summed E-state index contributed by atoms with van der Waals surface area (Å²) < 4.78 is 1.06. The number of nitrogens with one attached hydrogen (secondary N) is 1. The van der Waals surface area contributed by atoms with Gasteiger partial charge in [-0.3, -0.25) is 0 Å². The lowest BCUT2D eigenvalue weighted by Crippen LogP contribution is -2.28. The zero-order valence-electron chi connectivity index (χ0n) is 10.1. The van der Waals surface area contributed by atoms with E-state index in [2.05, 4.69) is 60.2 Å². The highest BCUT2D eigenvalue weighted by Crippen LogP contribution is 2.24. The molecule has 0 radical (unpaired) electrons. The fraction of sp³-hybridized carbons (Fsp3) is 0.538. The monoisotopic (exact) mass is 285 g/mol. The molecule has 0 aliphatic rings. The first-order chi connectivity index (χ1) is 7.54. The highest BCUT2D eigenvalue weighted by atomic mass is 79.9. The van der Waals surface area contributed by atoms with Gasteiger partial charge in [-0.1, -0.05) is 41.9 Å². The topological polar surface area (TPSA) is 32.3 Å². The van der Waals surface area contributed by atoms with E-state index in [1.807, 2.05) is 0 Å². The van der Waals surface area contributed by atoms with E-state index in [4.69, 9.17) is 0 Å². The van der Waals surface area contributed by atoms with Crippen LogP contribution in [0, 0.1) is 12.8 Å². The molecule has 2 nitrogen and oxygen atoms in total. The normalized spacial score (nSPS) is 13.1. The third-order valence-corrected chi connectivity index (χ3v) is 3.17. The van der Waals surface area contributed by atoms with Crippen LogP contribution in [0.3, 0.4) is 0 Å². The zero-order valence-corrected chi connectivity index (χ0v) is 11.7. The maximum atomic E-state index is 9.40. The van der Waals surface area contributed by atoms with E-state index in [0.717, 1.165) is 16.6 Å². The van der Waals surface area contributed by atoms with Gasteiger partial charge in [-0.2, -0.15) is 0 Å². The molecule has 0 amide bonds. The molecule has 0 saturated heterocycles. The molecule has 0 aliphatic heterocycles. The number of hydrogen-bond acceptors (Lipinski definition) is 2. The molecule has 0 aliphatic carbocycles. The van der Waals surface area contributed by atoms with Crippen molar-refractivity contribution in [2.45, 2.75) is 26.8 Å². The quantitative estimate of drug-likeness (QED) is 0.872. The third kappa shape index (κ3) is 3.89. The largest absolute Gasteiger partial charge is 0.394 e. The molecule has 0 aromatic heterocycles. The van der Waals surface area contributed by atoms with E-state index in [9.17, 15) is 5.11 Å². The highest BCUT2D eigenvalue weighted by molar-refractivity contribution is 9.10. The van der Waals surface area contributed by atoms with Gasteiger partial charge < -0.3 is 10.4 Å². The molecule has 2 N–H and O–H groups in total. The smallest absolute Gasteiger partial charge is 0.0626 e. The van der Waals surface area contributed by atoms with Gasteiger partial charge in [0, 0.05) is 4.47 Å². The summed E-state index contributed by atoms with van der Waals surface area (Å²) in [5, 5.41) is 12.8. The molecule has 1 atom stereocenters. The molecule has 0 spiro atoms. The van der Waals surface area contributed by atoms with Crippen LogP contribution in [0.25, 0.3) is 0 Å². The summed E-state index contributed by atoms with van der Waals surface area (Å²) in [6, 6.07) is 6.22. The minimum Gasteiger partial charge on any atom is -0.394 e. The summed E-state index contributed by atoms with van der Waals surface area (Å²) in [5.74, 6) is 0.582. The fourth-order valence-corrected chi connectivity index (χ4v) is 2.34. The minimum atomic E-state index is 0.0115. The van der Waals surface area contributed by atoms with E-state index < -0.39 is 0 Å². The molecule has 0 heterocycles. The molecule has 1 rings (SSSR count). The lowest BCUT2D eigenvalue weighted by molar-refractivity contribution is 0.240. The molecule has 1 aromatic carbocycles. The Balaban J connectivity index is 2.78. The summed E-state index contributed by atoms with van der Waals surface area (Å²) >= 11 is 3.54. The number of aryl methyl sites for hydroxylation is 1. The number of aliphatic hydroxyl groups excluding tert-OH is 1. The Morgan fingerprint density at radius 3 is 2.56 bits per heavy atom. The number of halogens is 1. The predicted molar refractivity (Wildman–Crippen MR) is 71.5 cm³/mol. The lowest BCUT2D eigenvalue weighted by atomic mass is 10.1. The Bertz CT molecular complexity index is 339. The Morgan fingerprint density at radius 1 is 1.38 bits per heavy atom. The van der Waals surface area contributed by atoms with E-state index in [-0.39, 0.29) is 12.6 Å². The number of rotatable bonds is 5. The van der Waals surface area contributed by atoms with Gasteiger partial charge in [-0.25, -0.2) is 0 Å². The van der Waals surface area contributed by atoms with Crippen LogP contribution in [0.5, 0.6) is 0 Å². The number of aliphatic hydroxyl groups is 1. The molecule has 90 valence electrons. The molecular weight excluding hydrogens is 266 g/mol. The van der Waals surface area contributed by atoms with Gasteiger partial charge in [-0.05, 0) is 36.6 Å². The first-order valence-electron chi connectivity index (χ1n) is 5.65. The van der Waals surface area contributed by atoms with Crippen molar-refractivity contribution >= 4 is 15.9 Å². The Kier molecular flexibility index (Phi) is 5.46. The molecule has 1 aromatic rings. The van der Waals surface area contributed by atoms with Crippen molar-refractivity contribution in [1.29, 1.82) is 0 Å². The first-order valence-corrected chi connectivity index (χ1v) is 6.44. The second kappa shape index (κ2) is 6.38. The van der Waals surface area contributed by atoms with Crippen LogP contribution in [0.2, 0.25) is 0 Å². The molecule has 0 saturated carbocycles. The lowest BCUT2D eigenvalue weighted by Gasteiger charge is -2.19. The van der Waals surface area contributed by atoms with Crippen molar-refractivity contribution in [2.24, 2.45) is 5.92 Å². The Morgan fingerprint density at radius 2 is 2.06 bits per heavy atom. The summed E-state index contributed by atoms with van der Waals surface area (Å²) in [4.78, 5) is 0. The second-order valence-electron chi connectivity index (χ2n) is 4.56. The van der Waals surface area contributed by atoms with E-state index in [0.29, 0.717) is 5.92 Å². The Hall–Kier alpha value is -0.380. The maximum Gasteiger partial charge on any atom is 0.0626 e. The van der Waals surface area contributed by atoms with Crippen LogP contribution < -0.4 is 5.32 Å². The van der Waals surface area contributed by atoms with Crippen molar-refractivity contribution in [2.75, 3.05) is 13.2 Å². The molecule has 0 fully saturated rings. The van der Waals surface area contributed by atoms with Gasteiger partial charge in [0.2, 0.25) is 0 Å². The van der Waals surface area contributed by atoms with Crippen molar-refractivity contribution in [3.05, 3.63) is 33.8 Å². The van der Waals surface area contributed by atoms with Crippen molar-refractivity contribution in [3.63, 3.8) is 0 Å². The van der Waals surface area contributed by atoms with Gasteiger partial charge in [0.25, 0.3) is 0 Å². The zero-order chi connectivity index (χ0) is 12.1. The average Bonchev–Trinajstić information content (AvgIpc) is 2.21. The van der Waals surface area contributed by atoms with Crippen LogP contribution in [0.4, 0.5) is 0 Å². The number of benzene rings is 1. The van der Waals surface area contributed by atoms with Gasteiger partial charge in [0.15, 0.2) is 0 Å². The van der Waals surface area contributed by atoms with E-state index >= 15 is 0 Å². The van der Waals surface area contributed by atoms with E-state index in [1.165, 1.54) is 5.56 Å². The van der Waals surface area contributed by atoms with Crippen molar-refractivity contribution in [3.8, 4) is 0 Å². The van der Waals surface area contributed by atoms with Crippen molar-refractivity contribution < 1.29 is 5.11 Å². The van der Waals surface area contributed by atoms with Crippen LogP contribution >= 0.6 is 15.9 Å². The molecule has 3 heteroatoms. The van der Waals surface area contributed by atoms with Crippen LogP contribution in [-0.2, 0) is 0 Å². The van der Waals surface area contributed by atoms with Gasteiger partial charge >= 0.3 is 0 Å². The van der Waals surface area contributed by atoms with E-state index in [1.54, 1.807) is 0 Å². The second-order valence-corrected chi connectivity index (χ2v) is 5.42. The molecule has 0 bridgehead atoms. The third-order valence-electron chi connectivity index (χ3n) is 2.49. The van der Waals surface area contributed by atoms with Crippen molar-refractivity contribution in [1.82, 2.24) is 5.32 Å². The predicted octanol–water partition coefficient (Wildman–Crippen LogP) is 3.04. The minimum absolute atomic E-state index is 0.0115. The van der Waals surface area contributed by atoms with Crippen LogP contribution in [-0.4, -0.2) is 18.3 Å². The van der Waals surface area contributed by atoms with Gasteiger partial charge in [-0.15, -0.1) is 0 Å². The number of hydrogen-bond donors (Lipinski definition) is 2. The average molecular weight is 286 g/mol. The fourth-order valence-electron chi connectivity index (χ4n) is 1.57. The molecular formula is C13H20BrNO. The summed E-state index contributed by atoms with van der Waals surface area (Å²) in [5.41, 5.74) is 2.34. The molecule has 16 heavy (non-hydrogen) atoms. The Labute approximate surface area is 106 Å². The maximum absolute atomic E-state index is 9.40. The summed E-state index contributed by atoms with van der Waals surface area (Å²) in [7, 11) is 0. The molecule has 1 unspecified atom stereocenters. The first kappa shape index (κ1) is 13.7.